The summed E-state index contributed by atoms with van der Waals surface area (Å²) in [4.78, 5) is 4.38. The summed E-state index contributed by atoms with van der Waals surface area (Å²) in [5.41, 5.74) is 1.00. The maximum atomic E-state index is 5.55. The molecule has 1 aromatic rings. The summed E-state index contributed by atoms with van der Waals surface area (Å²) in [5, 5.41) is 3.53. The van der Waals surface area contributed by atoms with Crippen molar-refractivity contribution in [1.29, 1.82) is 0 Å². The summed E-state index contributed by atoms with van der Waals surface area (Å²) >= 11 is 0. The Morgan fingerprint density at radius 3 is 2.62 bits per heavy atom. The first-order valence-electron chi connectivity index (χ1n) is 6.33. The van der Waals surface area contributed by atoms with E-state index in [1.54, 1.807) is 0 Å². The van der Waals surface area contributed by atoms with E-state index >= 15 is 0 Å². The van der Waals surface area contributed by atoms with Crippen LogP contribution >= 0.6 is 0 Å². The summed E-state index contributed by atoms with van der Waals surface area (Å²) in [6.45, 7) is 6.99. The summed E-state index contributed by atoms with van der Waals surface area (Å²) < 4.78 is 5.55. The normalized spacial score (nSPS) is 19.2. The Kier molecular flexibility index (Phi) is 3.64. The highest BCUT2D eigenvalue weighted by Crippen LogP contribution is 2.27. The molecule has 0 bridgehead atoms. The molecule has 0 saturated heterocycles. The average molecular weight is 222 g/mol. The van der Waals surface area contributed by atoms with Crippen LogP contribution in [0.1, 0.15) is 50.0 Å². The second-order valence-corrected chi connectivity index (χ2v) is 4.96. The first-order chi connectivity index (χ1) is 7.66. The Morgan fingerprint density at radius 1 is 1.38 bits per heavy atom. The SMILES string of the molecule is Cc1nc(CN[C@H](C)C2CCCC2)oc1C. The largest absolute Gasteiger partial charge is 0.444 e. The van der Waals surface area contributed by atoms with Gasteiger partial charge in [-0.1, -0.05) is 12.8 Å². The van der Waals surface area contributed by atoms with Crippen molar-refractivity contribution in [3.8, 4) is 0 Å². The van der Waals surface area contributed by atoms with Gasteiger partial charge in [-0.15, -0.1) is 0 Å². The molecule has 16 heavy (non-hydrogen) atoms. The lowest BCUT2D eigenvalue weighted by molar-refractivity contribution is 0.355. The highest BCUT2D eigenvalue weighted by Gasteiger charge is 2.21. The maximum Gasteiger partial charge on any atom is 0.208 e. The van der Waals surface area contributed by atoms with Gasteiger partial charge in [0.1, 0.15) is 5.76 Å². The van der Waals surface area contributed by atoms with Gasteiger partial charge in [-0.05, 0) is 39.5 Å². The standard InChI is InChI=1S/C13H22N2O/c1-9-11(3)16-13(15-9)8-14-10(2)12-6-4-5-7-12/h10,12,14H,4-8H2,1-3H3/t10-/m1/s1. The van der Waals surface area contributed by atoms with E-state index in [-0.39, 0.29) is 0 Å². The zero-order valence-electron chi connectivity index (χ0n) is 10.5. The minimum absolute atomic E-state index is 0.579. The smallest absolute Gasteiger partial charge is 0.208 e. The van der Waals surface area contributed by atoms with Crippen LogP contribution in [0.25, 0.3) is 0 Å². The summed E-state index contributed by atoms with van der Waals surface area (Å²) in [6, 6.07) is 0.579. The summed E-state index contributed by atoms with van der Waals surface area (Å²) in [6.07, 6.45) is 5.54. The first kappa shape index (κ1) is 11.6. The van der Waals surface area contributed by atoms with E-state index in [0.717, 1.165) is 29.8 Å². The lowest BCUT2D eigenvalue weighted by Gasteiger charge is -2.19. The van der Waals surface area contributed by atoms with E-state index in [1.807, 2.05) is 13.8 Å². The molecule has 0 radical (unpaired) electrons. The molecule has 1 fully saturated rings. The minimum atomic E-state index is 0.579. The quantitative estimate of drug-likeness (QED) is 0.851. The van der Waals surface area contributed by atoms with E-state index in [1.165, 1.54) is 25.7 Å². The van der Waals surface area contributed by atoms with Crippen LogP contribution in [-0.2, 0) is 6.54 Å². The number of nitrogens with one attached hydrogen (secondary N) is 1. The molecule has 1 heterocycles. The molecule has 0 aromatic carbocycles. The Morgan fingerprint density at radius 2 is 2.06 bits per heavy atom. The third kappa shape index (κ3) is 2.64. The van der Waals surface area contributed by atoms with Crippen LogP contribution in [0.5, 0.6) is 0 Å². The van der Waals surface area contributed by atoms with Crippen molar-refractivity contribution in [3.63, 3.8) is 0 Å². The Bertz CT molecular complexity index is 320. The molecule has 3 heteroatoms. The van der Waals surface area contributed by atoms with Crippen LogP contribution in [0.4, 0.5) is 0 Å². The summed E-state index contributed by atoms with van der Waals surface area (Å²) in [7, 11) is 0. The fourth-order valence-corrected chi connectivity index (χ4v) is 2.49. The van der Waals surface area contributed by atoms with Crippen molar-refractivity contribution in [1.82, 2.24) is 10.3 Å². The molecular formula is C13H22N2O. The number of rotatable bonds is 4. The Balaban J connectivity index is 1.82. The third-order valence-corrected chi connectivity index (χ3v) is 3.76. The second kappa shape index (κ2) is 5.00. The molecule has 90 valence electrons. The first-order valence-corrected chi connectivity index (χ1v) is 6.33. The number of aromatic nitrogens is 1. The molecule has 2 rings (SSSR count). The summed E-state index contributed by atoms with van der Waals surface area (Å²) in [5.74, 6) is 2.60. The van der Waals surface area contributed by atoms with Crippen LogP contribution < -0.4 is 5.32 Å². The minimum Gasteiger partial charge on any atom is -0.444 e. The number of hydrogen-bond acceptors (Lipinski definition) is 3. The molecule has 1 aromatic heterocycles. The van der Waals surface area contributed by atoms with Crippen molar-refractivity contribution in [2.24, 2.45) is 5.92 Å². The van der Waals surface area contributed by atoms with Gasteiger partial charge in [-0.25, -0.2) is 4.98 Å². The van der Waals surface area contributed by atoms with Crippen LogP contribution in [-0.4, -0.2) is 11.0 Å². The van der Waals surface area contributed by atoms with Crippen LogP contribution in [0, 0.1) is 19.8 Å². The average Bonchev–Trinajstić information content (AvgIpc) is 2.86. The van der Waals surface area contributed by atoms with E-state index in [0.29, 0.717) is 6.04 Å². The zero-order valence-corrected chi connectivity index (χ0v) is 10.5. The maximum absolute atomic E-state index is 5.55. The predicted molar refractivity (Wildman–Crippen MR) is 64.2 cm³/mol. The molecular weight excluding hydrogens is 200 g/mol. The monoisotopic (exact) mass is 222 g/mol. The van der Waals surface area contributed by atoms with E-state index in [9.17, 15) is 0 Å². The highest BCUT2D eigenvalue weighted by molar-refractivity contribution is 5.05. The van der Waals surface area contributed by atoms with Crippen molar-refractivity contribution >= 4 is 0 Å². The van der Waals surface area contributed by atoms with Gasteiger partial charge in [0.25, 0.3) is 0 Å². The fraction of sp³-hybridized carbons (Fsp3) is 0.769. The molecule has 0 aliphatic heterocycles. The predicted octanol–water partition coefficient (Wildman–Crippen LogP) is 2.96. The van der Waals surface area contributed by atoms with Crippen molar-refractivity contribution in [2.75, 3.05) is 0 Å². The van der Waals surface area contributed by atoms with E-state index < -0.39 is 0 Å². The van der Waals surface area contributed by atoms with Crippen molar-refractivity contribution in [3.05, 3.63) is 17.3 Å². The topological polar surface area (TPSA) is 38.1 Å². The van der Waals surface area contributed by atoms with Gasteiger partial charge in [-0.3, -0.25) is 0 Å². The molecule has 1 aliphatic rings. The van der Waals surface area contributed by atoms with Gasteiger partial charge in [0.05, 0.1) is 12.2 Å². The van der Waals surface area contributed by atoms with Gasteiger partial charge < -0.3 is 9.73 Å². The second-order valence-electron chi connectivity index (χ2n) is 4.96. The van der Waals surface area contributed by atoms with Gasteiger partial charge in [-0.2, -0.15) is 0 Å². The number of hydrogen-bond donors (Lipinski definition) is 1. The van der Waals surface area contributed by atoms with Gasteiger partial charge >= 0.3 is 0 Å². The molecule has 1 atom stereocenters. The molecule has 3 nitrogen and oxygen atoms in total. The number of aryl methyl sites for hydroxylation is 2. The molecule has 0 unspecified atom stereocenters. The van der Waals surface area contributed by atoms with E-state index in [4.69, 9.17) is 4.42 Å². The number of oxazole rings is 1. The highest BCUT2D eigenvalue weighted by atomic mass is 16.4. The molecule has 0 amide bonds. The lowest BCUT2D eigenvalue weighted by Crippen LogP contribution is -2.31. The van der Waals surface area contributed by atoms with E-state index in [2.05, 4.69) is 17.2 Å². The fourth-order valence-electron chi connectivity index (χ4n) is 2.49. The Hall–Kier alpha value is -0.830. The molecule has 0 spiro atoms. The van der Waals surface area contributed by atoms with Crippen LogP contribution in [0.3, 0.4) is 0 Å². The number of nitrogens with zero attached hydrogens (tertiary/aromatic N) is 1. The van der Waals surface area contributed by atoms with Gasteiger partial charge in [0, 0.05) is 6.04 Å². The van der Waals surface area contributed by atoms with Crippen molar-refractivity contribution in [2.45, 2.75) is 59.0 Å². The van der Waals surface area contributed by atoms with Crippen LogP contribution in [0.2, 0.25) is 0 Å². The molecule has 1 aliphatic carbocycles. The Labute approximate surface area is 97.6 Å². The zero-order chi connectivity index (χ0) is 11.5. The third-order valence-electron chi connectivity index (χ3n) is 3.76. The van der Waals surface area contributed by atoms with Crippen LogP contribution in [0.15, 0.2) is 4.42 Å². The lowest BCUT2D eigenvalue weighted by atomic mass is 10.00. The van der Waals surface area contributed by atoms with Gasteiger partial charge in [0.2, 0.25) is 5.89 Å². The molecule has 1 N–H and O–H groups in total. The van der Waals surface area contributed by atoms with Crippen molar-refractivity contribution < 1.29 is 4.42 Å². The molecule has 1 saturated carbocycles. The van der Waals surface area contributed by atoms with Gasteiger partial charge in [0.15, 0.2) is 0 Å².